The Hall–Kier alpha value is -4.19. The summed E-state index contributed by atoms with van der Waals surface area (Å²) in [6.45, 7) is 0.157. The molecule has 3 nitrogen and oxygen atoms in total. The van der Waals surface area contributed by atoms with Crippen LogP contribution in [0.2, 0.25) is 0 Å². The lowest BCUT2D eigenvalue weighted by atomic mass is 9.29. The van der Waals surface area contributed by atoms with Crippen molar-refractivity contribution in [1.29, 1.82) is 0 Å². The molecule has 0 spiro atoms. The molecule has 0 atom stereocenters. The van der Waals surface area contributed by atoms with E-state index in [1.165, 1.54) is 55.5 Å². The van der Waals surface area contributed by atoms with E-state index in [4.69, 9.17) is 4.74 Å². The molecule has 7 heteroatoms. The standard InChI is InChI=1S/C36H20B2Br2N2O/c39-21-14-16-26-30(18-21)41(23-8-2-1-3-9-23)31-20-33-35-36-34(31)37(26)24-10-4-6-12-28(24)42(36)29-13-7-5-11-25(29)38(35)27-17-15-22(40)19-32(27)43-33/h1-20H. The Labute approximate surface area is 267 Å². The summed E-state index contributed by atoms with van der Waals surface area (Å²) in [7, 11) is 0. The molecule has 0 bridgehead atoms. The fourth-order valence-corrected chi connectivity index (χ4v) is 8.52. The van der Waals surface area contributed by atoms with Crippen LogP contribution in [0, 0.1) is 0 Å². The molecule has 6 aromatic carbocycles. The molecule has 0 saturated carbocycles. The Morgan fingerprint density at radius 2 is 1.07 bits per heavy atom. The summed E-state index contributed by atoms with van der Waals surface area (Å²) in [4.78, 5) is 4.93. The molecule has 0 unspecified atom stereocenters. The van der Waals surface area contributed by atoms with Gasteiger partial charge in [-0.25, -0.2) is 0 Å². The molecular weight excluding hydrogens is 658 g/mol. The number of anilines is 6. The van der Waals surface area contributed by atoms with E-state index in [0.29, 0.717) is 0 Å². The van der Waals surface area contributed by atoms with Gasteiger partial charge in [0, 0.05) is 49.1 Å². The molecular formula is C36H20B2Br2N2O. The molecule has 0 aromatic heterocycles. The smallest absolute Gasteiger partial charge is 0.256 e. The molecule has 0 N–H and O–H groups in total. The second-order valence-electron chi connectivity index (χ2n) is 11.5. The molecule has 0 radical (unpaired) electrons. The summed E-state index contributed by atoms with van der Waals surface area (Å²) in [6.07, 6.45) is 0. The van der Waals surface area contributed by atoms with Gasteiger partial charge in [-0.1, -0.05) is 98.6 Å². The molecule has 4 aliphatic rings. The zero-order valence-corrected chi connectivity index (χ0v) is 25.9. The fraction of sp³-hybridized carbons (Fsp3) is 0. The van der Waals surface area contributed by atoms with Crippen LogP contribution in [0.15, 0.2) is 130 Å². The largest absolute Gasteiger partial charge is 0.458 e. The van der Waals surface area contributed by atoms with Crippen molar-refractivity contribution in [2.75, 3.05) is 9.80 Å². The molecule has 0 fully saturated rings. The lowest BCUT2D eigenvalue weighted by Gasteiger charge is -2.49. The van der Waals surface area contributed by atoms with Gasteiger partial charge in [0.2, 0.25) is 0 Å². The highest BCUT2D eigenvalue weighted by Crippen LogP contribution is 2.48. The van der Waals surface area contributed by atoms with E-state index in [0.717, 1.165) is 31.8 Å². The highest BCUT2D eigenvalue weighted by Gasteiger charge is 2.50. The highest BCUT2D eigenvalue weighted by molar-refractivity contribution is 9.10. The van der Waals surface area contributed by atoms with Gasteiger partial charge < -0.3 is 14.5 Å². The number of fused-ring (bicyclic) bond motifs is 10. The fourth-order valence-electron chi connectivity index (χ4n) is 7.83. The maximum atomic E-state index is 6.89. The van der Waals surface area contributed by atoms with E-state index >= 15 is 0 Å². The molecule has 4 aliphatic heterocycles. The monoisotopic (exact) mass is 676 g/mol. The highest BCUT2D eigenvalue weighted by atomic mass is 79.9. The first-order valence-corrected chi connectivity index (χ1v) is 16.1. The molecule has 0 aliphatic carbocycles. The van der Waals surface area contributed by atoms with E-state index in [1.807, 2.05) is 0 Å². The van der Waals surface area contributed by atoms with Gasteiger partial charge in [-0.2, -0.15) is 0 Å². The Kier molecular flexibility index (Phi) is 4.90. The topological polar surface area (TPSA) is 15.7 Å². The first-order valence-electron chi connectivity index (χ1n) is 14.5. The maximum absolute atomic E-state index is 6.89. The van der Waals surface area contributed by atoms with E-state index in [-0.39, 0.29) is 13.4 Å². The van der Waals surface area contributed by atoms with Crippen LogP contribution in [0.25, 0.3) is 0 Å². The van der Waals surface area contributed by atoms with Gasteiger partial charge in [0.25, 0.3) is 13.4 Å². The van der Waals surface area contributed by atoms with E-state index in [2.05, 4.69) is 163 Å². The van der Waals surface area contributed by atoms with Crippen LogP contribution in [0.4, 0.5) is 34.1 Å². The van der Waals surface area contributed by atoms with Crippen molar-refractivity contribution in [1.82, 2.24) is 0 Å². The van der Waals surface area contributed by atoms with Crippen molar-refractivity contribution in [2.24, 2.45) is 0 Å². The number of halogens is 2. The molecule has 0 amide bonds. The number of rotatable bonds is 1. The lowest BCUT2D eigenvalue weighted by molar-refractivity contribution is 0.487. The zero-order chi connectivity index (χ0) is 28.4. The van der Waals surface area contributed by atoms with Gasteiger partial charge in [-0.15, -0.1) is 0 Å². The minimum absolute atomic E-state index is 0.0713. The quantitative estimate of drug-likeness (QED) is 0.192. The molecule has 10 rings (SSSR count). The summed E-state index contributed by atoms with van der Waals surface area (Å²) in [5, 5.41) is 0. The second kappa shape index (κ2) is 8.68. The van der Waals surface area contributed by atoms with Crippen LogP contribution in [-0.4, -0.2) is 13.4 Å². The van der Waals surface area contributed by atoms with Crippen LogP contribution < -0.4 is 47.3 Å². The summed E-state index contributed by atoms with van der Waals surface area (Å²) >= 11 is 7.50. The number of hydrogen-bond acceptors (Lipinski definition) is 3. The van der Waals surface area contributed by atoms with Crippen molar-refractivity contribution in [3.8, 4) is 11.5 Å². The van der Waals surface area contributed by atoms with Crippen LogP contribution >= 0.6 is 31.9 Å². The van der Waals surface area contributed by atoms with Crippen molar-refractivity contribution in [2.45, 2.75) is 0 Å². The van der Waals surface area contributed by atoms with E-state index in [9.17, 15) is 0 Å². The Bertz CT molecular complexity index is 2180. The molecule has 6 aromatic rings. The third-order valence-electron chi connectivity index (χ3n) is 9.40. The van der Waals surface area contributed by atoms with Crippen molar-refractivity contribution < 1.29 is 4.74 Å². The van der Waals surface area contributed by atoms with Gasteiger partial charge >= 0.3 is 0 Å². The first kappa shape index (κ1) is 24.3. The van der Waals surface area contributed by atoms with Gasteiger partial charge in [-0.3, -0.25) is 0 Å². The van der Waals surface area contributed by atoms with Gasteiger partial charge in [0.05, 0.1) is 0 Å². The average Bonchev–Trinajstić information content (AvgIpc) is 3.04. The minimum Gasteiger partial charge on any atom is -0.458 e. The zero-order valence-electron chi connectivity index (χ0n) is 22.8. The van der Waals surface area contributed by atoms with Crippen molar-refractivity contribution in [3.05, 3.63) is 130 Å². The lowest BCUT2D eigenvalue weighted by Crippen LogP contribution is -2.67. The summed E-state index contributed by atoms with van der Waals surface area (Å²) < 4.78 is 8.96. The average molecular weight is 678 g/mol. The SMILES string of the molecule is Brc1ccc2c(c1)Oc1cc3c4c5c1B2c1ccccc1N5c1ccccc1B4c1ccc(Br)cc1N3c1ccccc1. The predicted molar refractivity (Wildman–Crippen MR) is 187 cm³/mol. The van der Waals surface area contributed by atoms with Gasteiger partial charge in [0.15, 0.2) is 0 Å². The summed E-state index contributed by atoms with van der Waals surface area (Å²) in [6, 6.07) is 44.1. The predicted octanol–water partition coefficient (Wildman–Crippen LogP) is 6.23. The Morgan fingerprint density at radius 3 is 1.81 bits per heavy atom. The van der Waals surface area contributed by atoms with Crippen molar-refractivity contribution >= 4 is 112 Å². The van der Waals surface area contributed by atoms with Crippen LogP contribution in [0.5, 0.6) is 11.5 Å². The number of nitrogens with zero attached hydrogens (tertiary/aromatic N) is 2. The van der Waals surface area contributed by atoms with Crippen LogP contribution in [0.1, 0.15) is 0 Å². The molecule has 200 valence electrons. The third kappa shape index (κ3) is 3.16. The molecule has 4 heterocycles. The number of benzene rings is 6. The summed E-state index contributed by atoms with van der Waals surface area (Å²) in [5.41, 5.74) is 14.9. The van der Waals surface area contributed by atoms with Crippen LogP contribution in [0.3, 0.4) is 0 Å². The third-order valence-corrected chi connectivity index (χ3v) is 10.4. The maximum Gasteiger partial charge on any atom is 0.256 e. The molecule has 43 heavy (non-hydrogen) atoms. The Morgan fingerprint density at radius 1 is 0.465 bits per heavy atom. The molecule has 0 saturated heterocycles. The number of ether oxygens (including phenoxy) is 1. The minimum atomic E-state index is 0.0713. The van der Waals surface area contributed by atoms with E-state index in [1.54, 1.807) is 0 Å². The number of hydrogen-bond donors (Lipinski definition) is 0. The second-order valence-corrected chi connectivity index (χ2v) is 13.4. The first-order chi connectivity index (χ1) is 21.2. The van der Waals surface area contributed by atoms with Crippen LogP contribution in [-0.2, 0) is 0 Å². The number of para-hydroxylation sites is 3. The Balaban J connectivity index is 1.39. The summed E-state index contributed by atoms with van der Waals surface area (Å²) in [5.74, 6) is 1.82. The van der Waals surface area contributed by atoms with Crippen molar-refractivity contribution in [3.63, 3.8) is 0 Å². The normalized spacial score (nSPS) is 14.3. The van der Waals surface area contributed by atoms with E-state index < -0.39 is 0 Å². The van der Waals surface area contributed by atoms with Gasteiger partial charge in [0.1, 0.15) is 11.5 Å². The van der Waals surface area contributed by atoms with Gasteiger partial charge in [-0.05, 0) is 81.3 Å².